The molecule has 43 heavy (non-hydrogen) atoms. The highest BCUT2D eigenvalue weighted by atomic mass is 32.7. The Morgan fingerprint density at radius 1 is 1.35 bits per heavy atom. The average molecular weight is 647 g/mol. The number of nitrogen functional groups attached to an aromatic ring is 1. The lowest BCUT2D eigenvalue weighted by molar-refractivity contribution is -0.149. The number of hydrogen-bond donors (Lipinski definition) is 5. The number of imide groups is 1. The average Bonchev–Trinajstić information content (AvgIpc) is 3.52. The second kappa shape index (κ2) is 12.5. The number of carbonyl (C=O) groups excluding carboxylic acids is 3. The lowest BCUT2D eigenvalue weighted by Gasteiger charge is -2.27. The van der Waals surface area contributed by atoms with E-state index in [4.69, 9.17) is 24.5 Å². The predicted molar refractivity (Wildman–Crippen MR) is 152 cm³/mol. The van der Waals surface area contributed by atoms with E-state index in [0.29, 0.717) is 11.4 Å². The molecule has 2 aliphatic heterocycles. The maximum Gasteiger partial charge on any atom is 0.327 e. The van der Waals surface area contributed by atoms with Crippen LogP contribution in [0.15, 0.2) is 6.33 Å². The van der Waals surface area contributed by atoms with Gasteiger partial charge in [0.25, 0.3) is 5.91 Å². The summed E-state index contributed by atoms with van der Waals surface area (Å²) in [5.74, 6) is -1.46. The Balaban J connectivity index is 1.54. The van der Waals surface area contributed by atoms with Gasteiger partial charge in [0.2, 0.25) is 11.8 Å². The SMILES string of the molecule is COc1nc(N)nc2c1ncn2[C@@H]1O[C@H](COP(=O)(NC(C)C(=O)OC(C)C)SCC2C(=O)NC(=O)N2C)[C@@H](O)[C@@]1(C)O. The number of amides is 3. The lowest BCUT2D eigenvalue weighted by atomic mass is 9.96. The van der Waals surface area contributed by atoms with Crippen molar-refractivity contribution in [1.82, 2.24) is 34.8 Å². The van der Waals surface area contributed by atoms with Crippen molar-refractivity contribution in [3.63, 3.8) is 0 Å². The van der Waals surface area contributed by atoms with Gasteiger partial charge in [-0.05, 0) is 27.7 Å². The number of nitrogens with zero attached hydrogens (tertiary/aromatic N) is 5. The molecule has 238 valence electrons. The van der Waals surface area contributed by atoms with Crippen LogP contribution < -0.4 is 20.9 Å². The number of fused-ring (bicyclic) bond motifs is 1. The molecule has 3 unspecified atom stereocenters. The fourth-order valence-electron chi connectivity index (χ4n) is 4.46. The molecule has 2 aromatic rings. The number of aromatic nitrogens is 4. The van der Waals surface area contributed by atoms with E-state index in [-0.39, 0.29) is 28.7 Å². The Kier molecular flexibility index (Phi) is 9.55. The van der Waals surface area contributed by atoms with Crippen molar-refractivity contribution >= 4 is 53.1 Å². The summed E-state index contributed by atoms with van der Waals surface area (Å²) >= 11 is 0.686. The van der Waals surface area contributed by atoms with Gasteiger partial charge in [0, 0.05) is 12.8 Å². The van der Waals surface area contributed by atoms with Gasteiger partial charge in [-0.3, -0.25) is 24.0 Å². The Morgan fingerprint density at radius 3 is 2.65 bits per heavy atom. The molecule has 3 amide bonds. The Hall–Kier alpha value is -3.06. The standard InChI is InChI=1S/C23H35N8O10PS/c1-10(2)40-19(34)11(3)29-42(37,43-8-12-17(33)27-22(35)30(12)5)39-7-13-15(32)23(4,36)20(41-13)31-9-25-14-16(31)26-21(24)28-18(14)38-6/h9-13,15,20,32,36H,7-8H2,1-6H3,(H,29,37)(H2,24,26,28)(H,27,33,35)/t11?,12?,13-,15-,20-,23-,42?/m1/s1. The van der Waals surface area contributed by atoms with Gasteiger partial charge in [0.05, 0.1) is 26.1 Å². The first kappa shape index (κ1) is 32.8. The van der Waals surface area contributed by atoms with Gasteiger partial charge in [0.15, 0.2) is 17.4 Å². The topological polar surface area (TPSA) is 243 Å². The first-order valence-electron chi connectivity index (χ1n) is 13.1. The highest BCUT2D eigenvalue weighted by molar-refractivity contribution is 8.56. The van der Waals surface area contributed by atoms with Gasteiger partial charge in [-0.1, -0.05) is 11.4 Å². The van der Waals surface area contributed by atoms with Crippen molar-refractivity contribution in [3.8, 4) is 5.88 Å². The molecule has 6 N–H and O–H groups in total. The van der Waals surface area contributed by atoms with Crippen LogP contribution in [0.1, 0.15) is 33.9 Å². The molecule has 4 rings (SSSR count). The van der Waals surface area contributed by atoms with Gasteiger partial charge in [-0.2, -0.15) is 9.97 Å². The van der Waals surface area contributed by atoms with Gasteiger partial charge in [-0.15, -0.1) is 0 Å². The molecule has 2 saturated heterocycles. The number of esters is 1. The van der Waals surface area contributed by atoms with Crippen LogP contribution in [0, 0.1) is 0 Å². The van der Waals surface area contributed by atoms with E-state index in [1.165, 1.54) is 38.9 Å². The van der Waals surface area contributed by atoms with E-state index < -0.39 is 73.5 Å². The predicted octanol–water partition coefficient (Wildman–Crippen LogP) is -0.236. The third kappa shape index (κ3) is 6.72. The van der Waals surface area contributed by atoms with Crippen LogP contribution in [0.3, 0.4) is 0 Å². The molecule has 2 fully saturated rings. The molecular formula is C23H35N8O10PS. The molecule has 7 atom stereocenters. The van der Waals surface area contributed by atoms with Crippen LogP contribution in [0.2, 0.25) is 0 Å². The number of aliphatic hydroxyl groups excluding tert-OH is 1. The molecule has 0 aliphatic carbocycles. The fraction of sp³-hybridized carbons (Fsp3) is 0.652. The van der Waals surface area contributed by atoms with Crippen molar-refractivity contribution in [1.29, 1.82) is 0 Å². The number of ether oxygens (including phenoxy) is 3. The maximum absolute atomic E-state index is 14.0. The van der Waals surface area contributed by atoms with Crippen molar-refractivity contribution in [2.24, 2.45) is 0 Å². The van der Waals surface area contributed by atoms with E-state index >= 15 is 0 Å². The van der Waals surface area contributed by atoms with Crippen molar-refractivity contribution in [3.05, 3.63) is 6.33 Å². The summed E-state index contributed by atoms with van der Waals surface area (Å²) < 4.78 is 37.5. The zero-order chi connectivity index (χ0) is 31.9. The van der Waals surface area contributed by atoms with Crippen molar-refractivity contribution in [2.75, 3.05) is 32.3 Å². The summed E-state index contributed by atoms with van der Waals surface area (Å²) in [4.78, 5) is 50.1. The third-order valence-corrected chi connectivity index (χ3v) is 10.9. The molecule has 20 heteroatoms. The Labute approximate surface area is 250 Å². The van der Waals surface area contributed by atoms with Crippen molar-refractivity contribution < 1.29 is 47.9 Å². The van der Waals surface area contributed by atoms with Crippen LogP contribution in [-0.4, -0.2) is 115 Å². The summed E-state index contributed by atoms with van der Waals surface area (Å²) in [6.45, 7) is 1.49. The largest absolute Gasteiger partial charge is 0.479 e. The minimum absolute atomic E-state index is 0.0942. The normalized spacial score (nSPS) is 27.9. The van der Waals surface area contributed by atoms with Gasteiger partial charge >= 0.3 is 18.7 Å². The highest BCUT2D eigenvalue weighted by Gasteiger charge is 2.54. The van der Waals surface area contributed by atoms with Crippen LogP contribution in [0.4, 0.5) is 10.7 Å². The van der Waals surface area contributed by atoms with Gasteiger partial charge in [-0.25, -0.2) is 14.9 Å². The number of methoxy groups -OCH3 is 1. The number of hydrogen-bond acceptors (Lipinski definition) is 15. The second-order valence-corrected chi connectivity index (χ2v) is 14.8. The summed E-state index contributed by atoms with van der Waals surface area (Å²) in [5, 5.41) is 27.1. The first-order valence-corrected chi connectivity index (χ1v) is 16.3. The maximum atomic E-state index is 14.0. The van der Waals surface area contributed by atoms with Crippen LogP contribution in [-0.2, 0) is 28.2 Å². The van der Waals surface area contributed by atoms with Gasteiger partial charge < -0.3 is 39.6 Å². The minimum atomic E-state index is -4.05. The van der Waals surface area contributed by atoms with E-state index in [1.54, 1.807) is 13.8 Å². The lowest BCUT2D eigenvalue weighted by Crippen LogP contribution is -2.44. The minimum Gasteiger partial charge on any atom is -0.479 e. The zero-order valence-electron chi connectivity index (χ0n) is 24.3. The van der Waals surface area contributed by atoms with Gasteiger partial charge in [0.1, 0.15) is 29.9 Å². The Bertz CT molecular complexity index is 1440. The van der Waals surface area contributed by atoms with Crippen LogP contribution in [0.25, 0.3) is 11.2 Å². The fourth-order valence-corrected chi connectivity index (χ4v) is 8.43. The number of nitrogens with one attached hydrogen (secondary N) is 2. The molecule has 0 bridgehead atoms. The smallest absolute Gasteiger partial charge is 0.327 e. The number of rotatable bonds is 12. The number of anilines is 1. The van der Waals surface area contributed by atoms with E-state index in [0.717, 1.165) is 4.90 Å². The second-order valence-electron chi connectivity index (χ2n) is 10.5. The quantitative estimate of drug-likeness (QED) is 0.114. The Morgan fingerprint density at radius 2 is 2.05 bits per heavy atom. The summed E-state index contributed by atoms with van der Waals surface area (Å²) in [5.41, 5.74) is 4.27. The molecule has 0 aromatic carbocycles. The summed E-state index contributed by atoms with van der Waals surface area (Å²) in [6, 6.07) is -2.66. The molecular weight excluding hydrogens is 611 g/mol. The number of urea groups is 1. The van der Waals surface area contributed by atoms with E-state index in [1.807, 2.05) is 0 Å². The summed E-state index contributed by atoms with van der Waals surface area (Å²) in [6.07, 6.45) is -3.16. The van der Waals surface area contributed by atoms with Crippen molar-refractivity contribution in [2.45, 2.75) is 69.9 Å². The van der Waals surface area contributed by atoms with Crippen LogP contribution >= 0.6 is 18.1 Å². The number of likely N-dealkylation sites (N-methyl/N-ethyl adjacent to an activating group) is 1. The monoisotopic (exact) mass is 646 g/mol. The first-order chi connectivity index (χ1) is 20.1. The third-order valence-electron chi connectivity index (χ3n) is 6.80. The van der Waals surface area contributed by atoms with E-state index in [9.17, 15) is 29.2 Å². The molecule has 18 nitrogen and oxygen atoms in total. The molecule has 0 saturated carbocycles. The molecule has 2 aliphatic rings. The number of nitrogens with two attached hydrogens (primary N) is 1. The molecule has 0 radical (unpaired) electrons. The number of imidazole rings is 1. The number of aliphatic hydroxyl groups is 2. The van der Waals surface area contributed by atoms with E-state index in [2.05, 4.69) is 25.4 Å². The molecule has 0 spiro atoms. The highest BCUT2D eigenvalue weighted by Crippen LogP contribution is 2.57. The molecule has 4 heterocycles. The number of carbonyl (C=O) groups is 3. The zero-order valence-corrected chi connectivity index (χ0v) is 26.0. The summed E-state index contributed by atoms with van der Waals surface area (Å²) in [7, 11) is 2.79. The molecule has 2 aromatic heterocycles. The van der Waals surface area contributed by atoms with Crippen LogP contribution in [0.5, 0.6) is 5.88 Å².